The summed E-state index contributed by atoms with van der Waals surface area (Å²) in [5, 5.41) is 20.0. The van der Waals surface area contributed by atoms with Crippen LogP contribution in [0.1, 0.15) is 40.3 Å². The van der Waals surface area contributed by atoms with Gasteiger partial charge in [0.25, 0.3) is 5.91 Å². The van der Waals surface area contributed by atoms with Crippen molar-refractivity contribution in [3.8, 4) is 0 Å². The first-order valence-corrected chi connectivity index (χ1v) is 8.94. The van der Waals surface area contributed by atoms with Crippen LogP contribution in [0.2, 0.25) is 0 Å². The van der Waals surface area contributed by atoms with E-state index in [0.717, 1.165) is 5.56 Å². The molecule has 0 radical (unpaired) electrons. The zero-order valence-electron chi connectivity index (χ0n) is 15.6. The van der Waals surface area contributed by atoms with Gasteiger partial charge >= 0.3 is 6.18 Å². The zero-order valence-corrected chi connectivity index (χ0v) is 15.6. The molecule has 29 heavy (non-hydrogen) atoms. The molecular weight excluding hydrogens is 387 g/mol. The molecule has 1 unspecified atom stereocenters. The number of rotatable bonds is 7. The van der Waals surface area contributed by atoms with Gasteiger partial charge in [-0.15, -0.1) is 0 Å². The third-order valence-electron chi connectivity index (χ3n) is 4.36. The second-order valence-electron chi connectivity index (χ2n) is 6.48. The molecule has 2 aromatic heterocycles. The normalized spacial score (nSPS) is 12.7. The molecule has 1 atom stereocenters. The van der Waals surface area contributed by atoms with Crippen LogP contribution in [0.4, 0.5) is 13.2 Å². The van der Waals surface area contributed by atoms with E-state index in [4.69, 9.17) is 0 Å². The maximum atomic E-state index is 12.9. The number of aryl methyl sites for hydroxylation is 1. The van der Waals surface area contributed by atoms with Gasteiger partial charge in [0.05, 0.1) is 18.8 Å². The Morgan fingerprint density at radius 1 is 1.31 bits per heavy atom. The van der Waals surface area contributed by atoms with Crippen molar-refractivity contribution in [2.24, 2.45) is 0 Å². The summed E-state index contributed by atoms with van der Waals surface area (Å²) in [5.74, 6) is -0.720. The molecule has 3 rings (SSSR count). The molecule has 0 aliphatic carbocycles. The van der Waals surface area contributed by atoms with Crippen LogP contribution in [0.15, 0.2) is 48.8 Å². The molecule has 154 valence electrons. The summed E-state index contributed by atoms with van der Waals surface area (Å²) in [6.45, 7) is 2.49. The van der Waals surface area contributed by atoms with Crippen molar-refractivity contribution in [2.45, 2.75) is 32.3 Å². The minimum atomic E-state index is -4.63. The van der Waals surface area contributed by atoms with E-state index in [0.29, 0.717) is 18.2 Å². The molecule has 0 saturated heterocycles. The second-order valence-corrected chi connectivity index (χ2v) is 6.48. The van der Waals surface area contributed by atoms with Gasteiger partial charge in [0.2, 0.25) is 0 Å². The predicted molar refractivity (Wildman–Crippen MR) is 97.6 cm³/mol. The van der Waals surface area contributed by atoms with Gasteiger partial charge in [-0.1, -0.05) is 30.3 Å². The quantitative estimate of drug-likeness (QED) is 0.630. The molecule has 2 heterocycles. The molecule has 0 aliphatic rings. The highest BCUT2D eigenvalue weighted by Gasteiger charge is 2.34. The molecule has 10 heteroatoms. The Morgan fingerprint density at radius 3 is 2.62 bits per heavy atom. The summed E-state index contributed by atoms with van der Waals surface area (Å²) < 4.78 is 40.1. The van der Waals surface area contributed by atoms with Crippen molar-refractivity contribution < 1.29 is 23.1 Å². The zero-order chi connectivity index (χ0) is 21.0. The van der Waals surface area contributed by atoms with E-state index >= 15 is 0 Å². The molecule has 0 saturated carbocycles. The number of hydrogen-bond donors (Lipinski definition) is 2. The minimum absolute atomic E-state index is 0.104. The molecule has 1 aromatic carbocycles. The summed E-state index contributed by atoms with van der Waals surface area (Å²) in [5.41, 5.74) is -0.199. The first-order valence-electron chi connectivity index (χ1n) is 8.94. The average molecular weight is 407 g/mol. The van der Waals surface area contributed by atoms with Gasteiger partial charge in [-0.3, -0.25) is 14.6 Å². The van der Waals surface area contributed by atoms with Crippen molar-refractivity contribution in [1.82, 2.24) is 24.9 Å². The van der Waals surface area contributed by atoms with Gasteiger partial charge in [-0.2, -0.15) is 23.4 Å². The number of halogens is 3. The SMILES string of the molecule is CCn1cc(C(O)CN(Cc2ccccc2)C(=O)c2cc(C(F)(F)F)[nH]n2)cn1. The Balaban J connectivity index is 1.83. The Kier molecular flexibility index (Phi) is 6.02. The fourth-order valence-corrected chi connectivity index (χ4v) is 2.80. The average Bonchev–Trinajstić information content (AvgIpc) is 3.37. The van der Waals surface area contributed by atoms with E-state index in [9.17, 15) is 23.1 Å². The standard InChI is InChI=1S/C19H20F3N5O2/c1-2-27-11-14(9-23-27)16(28)12-26(10-13-6-4-3-5-7-13)18(29)15-8-17(25-24-15)19(20,21)22/h3-9,11,16,28H,2,10,12H2,1H3,(H,24,25). The van der Waals surface area contributed by atoms with E-state index in [1.807, 2.05) is 18.1 Å². The molecule has 2 N–H and O–H groups in total. The molecule has 0 fully saturated rings. The van der Waals surface area contributed by atoms with Crippen LogP contribution < -0.4 is 0 Å². The lowest BCUT2D eigenvalue weighted by Gasteiger charge is -2.24. The third kappa shape index (κ3) is 5.02. The van der Waals surface area contributed by atoms with Gasteiger partial charge in [0, 0.05) is 30.9 Å². The van der Waals surface area contributed by atoms with E-state index in [-0.39, 0.29) is 18.8 Å². The maximum Gasteiger partial charge on any atom is 0.432 e. The van der Waals surface area contributed by atoms with Crippen LogP contribution in [-0.2, 0) is 19.3 Å². The number of benzene rings is 1. The molecular formula is C19H20F3N5O2. The summed E-state index contributed by atoms with van der Waals surface area (Å²) >= 11 is 0. The fourth-order valence-electron chi connectivity index (χ4n) is 2.80. The number of nitrogens with zero attached hydrogens (tertiary/aromatic N) is 4. The predicted octanol–water partition coefficient (Wildman–Crippen LogP) is 3.02. The number of aliphatic hydroxyl groups is 1. The van der Waals surface area contributed by atoms with Crippen molar-refractivity contribution in [2.75, 3.05) is 6.54 Å². The van der Waals surface area contributed by atoms with Crippen LogP contribution in [0.25, 0.3) is 0 Å². The lowest BCUT2D eigenvalue weighted by atomic mass is 10.1. The molecule has 0 bridgehead atoms. The van der Waals surface area contributed by atoms with Gasteiger partial charge in [-0.05, 0) is 12.5 Å². The van der Waals surface area contributed by atoms with Crippen molar-refractivity contribution >= 4 is 5.91 Å². The fraction of sp³-hybridized carbons (Fsp3) is 0.316. The molecule has 7 nitrogen and oxygen atoms in total. The Bertz CT molecular complexity index is 952. The number of amides is 1. The highest BCUT2D eigenvalue weighted by Crippen LogP contribution is 2.28. The summed E-state index contributed by atoms with van der Waals surface area (Å²) in [6, 6.07) is 9.63. The van der Waals surface area contributed by atoms with Gasteiger partial charge in [0.15, 0.2) is 5.69 Å². The van der Waals surface area contributed by atoms with Crippen LogP contribution in [0.3, 0.4) is 0 Å². The Morgan fingerprint density at radius 2 is 2.03 bits per heavy atom. The highest BCUT2D eigenvalue weighted by molar-refractivity contribution is 5.92. The second kappa shape index (κ2) is 8.48. The van der Waals surface area contributed by atoms with Crippen LogP contribution in [0.5, 0.6) is 0 Å². The van der Waals surface area contributed by atoms with Gasteiger partial charge in [-0.25, -0.2) is 0 Å². The lowest BCUT2D eigenvalue weighted by molar-refractivity contribution is -0.141. The molecule has 0 aliphatic heterocycles. The minimum Gasteiger partial charge on any atom is -0.386 e. The summed E-state index contributed by atoms with van der Waals surface area (Å²) in [7, 11) is 0. The highest BCUT2D eigenvalue weighted by atomic mass is 19.4. The van der Waals surface area contributed by atoms with Crippen LogP contribution in [-0.4, -0.2) is 42.4 Å². The number of carbonyl (C=O) groups is 1. The molecule has 1 amide bonds. The summed E-state index contributed by atoms with van der Waals surface area (Å²) in [4.78, 5) is 14.1. The maximum absolute atomic E-state index is 12.9. The monoisotopic (exact) mass is 407 g/mol. The number of alkyl halides is 3. The van der Waals surface area contributed by atoms with E-state index in [1.165, 1.54) is 11.1 Å². The third-order valence-corrected chi connectivity index (χ3v) is 4.36. The number of aromatic amines is 1. The van der Waals surface area contributed by atoms with Crippen molar-refractivity contribution in [3.63, 3.8) is 0 Å². The number of nitrogens with one attached hydrogen (secondary N) is 1. The Labute approximate surface area is 164 Å². The lowest BCUT2D eigenvalue weighted by Crippen LogP contribution is -2.34. The Hall–Kier alpha value is -3.14. The van der Waals surface area contributed by atoms with Crippen LogP contribution in [0, 0.1) is 0 Å². The topological polar surface area (TPSA) is 87.0 Å². The van der Waals surface area contributed by atoms with Crippen molar-refractivity contribution in [1.29, 1.82) is 0 Å². The van der Waals surface area contributed by atoms with E-state index in [2.05, 4.69) is 10.2 Å². The molecule has 3 aromatic rings. The smallest absolute Gasteiger partial charge is 0.386 e. The van der Waals surface area contributed by atoms with Crippen molar-refractivity contribution in [3.05, 3.63) is 71.3 Å². The van der Waals surface area contributed by atoms with E-state index < -0.39 is 23.9 Å². The number of hydrogen-bond acceptors (Lipinski definition) is 4. The van der Waals surface area contributed by atoms with Gasteiger partial charge in [0.1, 0.15) is 5.69 Å². The first kappa shape index (κ1) is 20.6. The largest absolute Gasteiger partial charge is 0.432 e. The van der Waals surface area contributed by atoms with Crippen LogP contribution >= 0.6 is 0 Å². The summed E-state index contributed by atoms with van der Waals surface area (Å²) in [6.07, 6.45) is -2.53. The number of aliphatic hydroxyl groups excluding tert-OH is 1. The van der Waals surface area contributed by atoms with Gasteiger partial charge < -0.3 is 10.0 Å². The number of carbonyl (C=O) groups excluding carboxylic acids is 1. The first-order chi connectivity index (χ1) is 13.8. The number of aromatic nitrogens is 4. The number of H-pyrrole nitrogens is 1. The molecule has 0 spiro atoms. The van der Waals surface area contributed by atoms with E-state index in [1.54, 1.807) is 35.1 Å².